The molecule has 1 aromatic rings. The first-order valence-corrected chi connectivity index (χ1v) is 7.45. The van der Waals surface area contributed by atoms with E-state index in [0.717, 1.165) is 31.6 Å². The molecule has 1 heterocycles. The number of ether oxygens (including phenoxy) is 2. The lowest BCUT2D eigenvalue weighted by molar-refractivity contribution is 0.166. The number of hydrogen-bond acceptors (Lipinski definition) is 5. The highest BCUT2D eigenvalue weighted by Crippen LogP contribution is 2.35. The van der Waals surface area contributed by atoms with E-state index < -0.39 is 6.09 Å². The van der Waals surface area contributed by atoms with Crippen molar-refractivity contribution >= 4 is 22.0 Å². The van der Waals surface area contributed by atoms with Crippen LogP contribution in [0.4, 0.5) is 4.79 Å². The first-order valence-electron chi connectivity index (χ1n) is 6.65. The molecule has 1 atom stereocenters. The molecule has 1 saturated heterocycles. The summed E-state index contributed by atoms with van der Waals surface area (Å²) >= 11 is 3.32. The van der Waals surface area contributed by atoms with Crippen molar-refractivity contribution in [3.8, 4) is 11.5 Å². The Hall–Kier alpha value is -1.47. The molecule has 21 heavy (non-hydrogen) atoms. The third-order valence-corrected chi connectivity index (χ3v) is 4.10. The highest BCUT2D eigenvalue weighted by atomic mass is 79.9. The van der Waals surface area contributed by atoms with Crippen molar-refractivity contribution in [2.45, 2.75) is 19.0 Å². The van der Waals surface area contributed by atoms with Crippen molar-refractivity contribution in [2.75, 3.05) is 27.3 Å². The van der Waals surface area contributed by atoms with Crippen molar-refractivity contribution in [1.29, 1.82) is 0 Å². The number of phenolic OH excluding ortho intramolecular Hbond substituents is 1. The summed E-state index contributed by atoms with van der Waals surface area (Å²) < 4.78 is 10.4. The zero-order chi connectivity index (χ0) is 15.4. The summed E-state index contributed by atoms with van der Waals surface area (Å²) in [7, 11) is 2.89. The van der Waals surface area contributed by atoms with E-state index in [1.54, 1.807) is 0 Å². The predicted molar refractivity (Wildman–Crippen MR) is 81.6 cm³/mol. The zero-order valence-corrected chi connectivity index (χ0v) is 13.6. The number of carbonyl (C=O) groups excluding carboxylic acids is 1. The van der Waals surface area contributed by atoms with Gasteiger partial charge in [0.05, 0.1) is 18.7 Å². The molecular weight excluding hydrogens is 340 g/mol. The smallest absolute Gasteiger partial charge is 0.407 e. The highest BCUT2D eigenvalue weighted by Gasteiger charge is 2.24. The average molecular weight is 359 g/mol. The van der Waals surface area contributed by atoms with E-state index in [2.05, 4.69) is 30.9 Å². The molecular formula is C14H19BrN2O4. The SMILES string of the molecule is COC(=O)NC1CCN(Cc2cc(Br)c(O)c(OC)c2)C1. The zero-order valence-electron chi connectivity index (χ0n) is 12.1. The van der Waals surface area contributed by atoms with E-state index in [4.69, 9.17) is 4.74 Å². The molecule has 2 rings (SSSR count). The van der Waals surface area contributed by atoms with E-state index in [-0.39, 0.29) is 11.8 Å². The van der Waals surface area contributed by atoms with Crippen molar-refractivity contribution in [3.05, 3.63) is 22.2 Å². The van der Waals surface area contributed by atoms with Crippen LogP contribution in [0.2, 0.25) is 0 Å². The van der Waals surface area contributed by atoms with Crippen LogP contribution in [0.15, 0.2) is 16.6 Å². The lowest BCUT2D eigenvalue weighted by Crippen LogP contribution is -2.36. The number of benzene rings is 1. The second kappa shape index (κ2) is 7.00. The molecule has 0 radical (unpaired) electrons. The van der Waals surface area contributed by atoms with Gasteiger partial charge in [-0.2, -0.15) is 0 Å². The maximum Gasteiger partial charge on any atom is 0.407 e. The summed E-state index contributed by atoms with van der Waals surface area (Å²) in [6.45, 7) is 2.40. The summed E-state index contributed by atoms with van der Waals surface area (Å²) in [6, 6.07) is 3.81. The van der Waals surface area contributed by atoms with Gasteiger partial charge in [-0.15, -0.1) is 0 Å². The second-order valence-electron chi connectivity index (χ2n) is 4.99. The predicted octanol–water partition coefficient (Wildman–Crippen LogP) is 2.09. The Bertz CT molecular complexity index is 524. The molecule has 1 aliphatic heterocycles. The Labute approximate surface area is 132 Å². The molecule has 0 spiro atoms. The normalized spacial score (nSPS) is 18.5. The minimum absolute atomic E-state index is 0.105. The maximum absolute atomic E-state index is 11.2. The highest BCUT2D eigenvalue weighted by molar-refractivity contribution is 9.10. The van der Waals surface area contributed by atoms with Gasteiger partial charge in [-0.25, -0.2) is 4.79 Å². The largest absolute Gasteiger partial charge is 0.503 e. The Morgan fingerprint density at radius 3 is 2.95 bits per heavy atom. The number of phenols is 1. The average Bonchev–Trinajstić information content (AvgIpc) is 2.89. The Morgan fingerprint density at radius 1 is 1.52 bits per heavy atom. The van der Waals surface area contributed by atoms with Crippen LogP contribution in [0, 0.1) is 0 Å². The Kier molecular flexibility index (Phi) is 5.30. The summed E-state index contributed by atoms with van der Waals surface area (Å²) in [5, 5.41) is 12.6. The van der Waals surface area contributed by atoms with Gasteiger partial charge in [0, 0.05) is 25.7 Å². The number of hydrogen-bond donors (Lipinski definition) is 2. The number of nitrogens with one attached hydrogen (secondary N) is 1. The molecule has 6 nitrogen and oxygen atoms in total. The molecule has 1 aromatic carbocycles. The van der Waals surface area contributed by atoms with Gasteiger partial charge < -0.3 is 19.9 Å². The van der Waals surface area contributed by atoms with Crippen LogP contribution < -0.4 is 10.1 Å². The summed E-state index contributed by atoms with van der Waals surface area (Å²) in [6.07, 6.45) is 0.502. The van der Waals surface area contributed by atoms with Crippen molar-refractivity contribution in [2.24, 2.45) is 0 Å². The molecule has 0 bridgehead atoms. The minimum atomic E-state index is -0.393. The minimum Gasteiger partial charge on any atom is -0.503 e. The Balaban J connectivity index is 1.97. The number of aromatic hydroxyl groups is 1. The molecule has 7 heteroatoms. The van der Waals surface area contributed by atoms with Gasteiger partial charge in [0.1, 0.15) is 0 Å². The van der Waals surface area contributed by atoms with Gasteiger partial charge in [0.2, 0.25) is 0 Å². The fourth-order valence-corrected chi connectivity index (χ4v) is 2.94. The van der Waals surface area contributed by atoms with Crippen LogP contribution in [0.1, 0.15) is 12.0 Å². The third kappa shape index (κ3) is 4.01. The van der Waals surface area contributed by atoms with Gasteiger partial charge in [0.25, 0.3) is 0 Å². The van der Waals surface area contributed by atoms with E-state index >= 15 is 0 Å². The third-order valence-electron chi connectivity index (χ3n) is 3.49. The van der Waals surface area contributed by atoms with Gasteiger partial charge in [0.15, 0.2) is 11.5 Å². The molecule has 0 aliphatic carbocycles. The fraction of sp³-hybridized carbons (Fsp3) is 0.500. The van der Waals surface area contributed by atoms with Crippen molar-refractivity contribution in [3.63, 3.8) is 0 Å². The van der Waals surface area contributed by atoms with E-state index in [1.165, 1.54) is 14.2 Å². The number of amides is 1. The lowest BCUT2D eigenvalue weighted by atomic mass is 10.2. The molecule has 1 amide bonds. The summed E-state index contributed by atoms with van der Waals surface area (Å²) in [4.78, 5) is 13.4. The molecule has 2 N–H and O–H groups in total. The first kappa shape index (κ1) is 15.9. The van der Waals surface area contributed by atoms with Crippen LogP contribution in [0.3, 0.4) is 0 Å². The van der Waals surface area contributed by atoms with Crippen molar-refractivity contribution in [1.82, 2.24) is 10.2 Å². The molecule has 0 saturated carbocycles. The van der Waals surface area contributed by atoms with E-state index in [0.29, 0.717) is 10.2 Å². The van der Waals surface area contributed by atoms with Crippen LogP contribution >= 0.6 is 15.9 Å². The van der Waals surface area contributed by atoms with Crippen LogP contribution in [-0.2, 0) is 11.3 Å². The number of rotatable bonds is 4. The van der Waals surface area contributed by atoms with Crippen LogP contribution in [-0.4, -0.2) is 49.5 Å². The van der Waals surface area contributed by atoms with Crippen LogP contribution in [0.5, 0.6) is 11.5 Å². The quantitative estimate of drug-likeness (QED) is 0.862. The van der Waals surface area contributed by atoms with Crippen LogP contribution in [0.25, 0.3) is 0 Å². The van der Waals surface area contributed by atoms with Gasteiger partial charge in [-0.3, -0.25) is 4.90 Å². The molecule has 1 fully saturated rings. The molecule has 0 aromatic heterocycles. The number of alkyl carbamates (subject to hydrolysis) is 1. The Morgan fingerprint density at radius 2 is 2.29 bits per heavy atom. The van der Waals surface area contributed by atoms with E-state index in [1.807, 2.05) is 12.1 Å². The number of methoxy groups -OCH3 is 2. The number of likely N-dealkylation sites (tertiary alicyclic amines) is 1. The fourth-order valence-electron chi connectivity index (χ4n) is 2.45. The number of nitrogens with zero attached hydrogens (tertiary/aromatic N) is 1. The second-order valence-corrected chi connectivity index (χ2v) is 5.84. The molecule has 1 aliphatic rings. The topological polar surface area (TPSA) is 71.0 Å². The van der Waals surface area contributed by atoms with E-state index in [9.17, 15) is 9.90 Å². The molecule has 1 unspecified atom stereocenters. The number of halogens is 1. The lowest BCUT2D eigenvalue weighted by Gasteiger charge is -2.17. The number of carbonyl (C=O) groups is 1. The van der Waals surface area contributed by atoms with Gasteiger partial charge in [-0.05, 0) is 40.0 Å². The van der Waals surface area contributed by atoms with Crippen molar-refractivity contribution < 1.29 is 19.4 Å². The summed E-state index contributed by atoms with van der Waals surface area (Å²) in [5.74, 6) is 0.552. The van der Waals surface area contributed by atoms with Gasteiger partial charge in [-0.1, -0.05) is 0 Å². The first-order chi connectivity index (χ1) is 10.0. The van der Waals surface area contributed by atoms with Gasteiger partial charge >= 0.3 is 6.09 Å². The standard InChI is InChI=1S/C14H19BrN2O4/c1-20-12-6-9(5-11(15)13(12)18)7-17-4-3-10(8-17)16-14(19)21-2/h5-6,10,18H,3-4,7-8H2,1-2H3,(H,16,19). The summed E-state index contributed by atoms with van der Waals surface area (Å²) in [5.41, 5.74) is 1.04. The maximum atomic E-state index is 11.2. The monoisotopic (exact) mass is 358 g/mol. The molecule has 116 valence electrons.